The van der Waals surface area contributed by atoms with Crippen LogP contribution in [-0.2, 0) is 19.3 Å². The van der Waals surface area contributed by atoms with Crippen molar-refractivity contribution in [3.63, 3.8) is 0 Å². The normalized spacial score (nSPS) is 13.4. The third-order valence-electron chi connectivity index (χ3n) is 5.29. The van der Waals surface area contributed by atoms with E-state index < -0.39 is 0 Å². The van der Waals surface area contributed by atoms with Crippen LogP contribution < -0.4 is 5.32 Å². The summed E-state index contributed by atoms with van der Waals surface area (Å²) >= 11 is 0. The third kappa shape index (κ3) is 2.84. The van der Waals surface area contributed by atoms with Crippen molar-refractivity contribution in [1.82, 2.24) is 10.3 Å². The Kier molecular flexibility index (Phi) is 4.37. The molecule has 0 fully saturated rings. The van der Waals surface area contributed by atoms with E-state index in [0.717, 1.165) is 41.8 Å². The molecule has 132 valence electrons. The quantitative estimate of drug-likeness (QED) is 0.704. The van der Waals surface area contributed by atoms with Gasteiger partial charge in [-0.1, -0.05) is 50.2 Å². The number of rotatable bonds is 4. The average Bonchev–Trinajstić information content (AvgIpc) is 3.13. The molecule has 3 nitrogen and oxygen atoms in total. The topological polar surface area (TPSA) is 44.9 Å². The number of benzene rings is 2. The highest BCUT2D eigenvalue weighted by molar-refractivity contribution is 5.98. The smallest absolute Gasteiger partial charge is 0.253 e. The van der Waals surface area contributed by atoms with Gasteiger partial charge in [-0.2, -0.15) is 0 Å². The second-order valence-electron chi connectivity index (χ2n) is 6.82. The first-order valence-corrected chi connectivity index (χ1v) is 9.43. The van der Waals surface area contributed by atoms with Crippen LogP contribution in [0.3, 0.4) is 0 Å². The summed E-state index contributed by atoms with van der Waals surface area (Å²) in [4.78, 5) is 15.5. The number of hydrogen-bond acceptors (Lipinski definition) is 1. The lowest BCUT2D eigenvalue weighted by Crippen LogP contribution is -2.31. The van der Waals surface area contributed by atoms with Crippen LogP contribution >= 0.6 is 0 Å². The van der Waals surface area contributed by atoms with Gasteiger partial charge in [0.1, 0.15) is 0 Å². The van der Waals surface area contributed by atoms with Gasteiger partial charge < -0.3 is 10.3 Å². The van der Waals surface area contributed by atoms with Crippen LogP contribution in [0.25, 0.3) is 22.4 Å². The first-order chi connectivity index (χ1) is 12.7. The zero-order valence-electron chi connectivity index (χ0n) is 15.4. The summed E-state index contributed by atoms with van der Waals surface area (Å²) in [5.41, 5.74) is 9.28. The second-order valence-corrected chi connectivity index (χ2v) is 6.82. The van der Waals surface area contributed by atoms with Crippen molar-refractivity contribution in [2.75, 3.05) is 6.54 Å². The van der Waals surface area contributed by atoms with E-state index in [-0.39, 0.29) is 5.91 Å². The van der Waals surface area contributed by atoms with Crippen molar-refractivity contribution in [3.8, 4) is 22.4 Å². The van der Waals surface area contributed by atoms with Crippen LogP contribution in [0.5, 0.6) is 0 Å². The van der Waals surface area contributed by atoms with Gasteiger partial charge >= 0.3 is 0 Å². The molecule has 0 unspecified atom stereocenters. The number of H-pyrrole nitrogens is 1. The van der Waals surface area contributed by atoms with Gasteiger partial charge in [-0.3, -0.25) is 4.79 Å². The number of aromatic amines is 1. The number of hydrogen-bond donors (Lipinski definition) is 2. The predicted octanol–water partition coefficient (Wildman–Crippen LogP) is 4.76. The van der Waals surface area contributed by atoms with Crippen molar-refractivity contribution in [1.29, 1.82) is 0 Å². The molecule has 4 rings (SSSR count). The average molecular weight is 344 g/mol. The lowest BCUT2D eigenvalue weighted by atomic mass is 9.91. The Morgan fingerprint density at radius 3 is 2.42 bits per heavy atom. The summed E-state index contributed by atoms with van der Waals surface area (Å²) in [6.07, 6.45) is 2.87. The lowest BCUT2D eigenvalue weighted by Gasteiger charge is -2.14. The van der Waals surface area contributed by atoms with Gasteiger partial charge in [-0.15, -0.1) is 0 Å². The third-order valence-corrected chi connectivity index (χ3v) is 5.29. The van der Waals surface area contributed by atoms with E-state index >= 15 is 0 Å². The Morgan fingerprint density at radius 1 is 0.885 bits per heavy atom. The van der Waals surface area contributed by atoms with Crippen molar-refractivity contribution >= 4 is 5.91 Å². The number of carbonyl (C=O) groups is 1. The zero-order chi connectivity index (χ0) is 18.1. The SMILES string of the molecule is CCc1ccccc1-c1cc(-c2cc3c([nH]2)CCNC3=O)ccc1CC. The predicted molar refractivity (Wildman–Crippen MR) is 106 cm³/mol. The summed E-state index contributed by atoms with van der Waals surface area (Å²) in [6.45, 7) is 5.10. The van der Waals surface area contributed by atoms with E-state index in [4.69, 9.17) is 0 Å². The highest BCUT2D eigenvalue weighted by Gasteiger charge is 2.20. The van der Waals surface area contributed by atoms with Crippen LogP contribution in [0.4, 0.5) is 0 Å². The van der Waals surface area contributed by atoms with Gasteiger partial charge in [0.2, 0.25) is 0 Å². The molecule has 0 radical (unpaired) electrons. The molecule has 26 heavy (non-hydrogen) atoms. The van der Waals surface area contributed by atoms with E-state index in [2.05, 4.69) is 66.6 Å². The molecule has 2 aromatic carbocycles. The highest BCUT2D eigenvalue weighted by atomic mass is 16.1. The molecule has 0 aliphatic carbocycles. The van der Waals surface area contributed by atoms with Crippen LogP contribution in [0.1, 0.15) is 41.0 Å². The Labute approximate surface area is 154 Å². The van der Waals surface area contributed by atoms with E-state index in [9.17, 15) is 4.79 Å². The Hall–Kier alpha value is -2.81. The zero-order valence-corrected chi connectivity index (χ0v) is 15.4. The Balaban J connectivity index is 1.84. The number of amides is 1. The summed E-state index contributed by atoms with van der Waals surface area (Å²) < 4.78 is 0. The number of carbonyl (C=O) groups excluding carboxylic acids is 1. The minimum atomic E-state index is 0.0236. The lowest BCUT2D eigenvalue weighted by molar-refractivity contribution is 0.0946. The maximum atomic E-state index is 12.1. The van der Waals surface area contributed by atoms with Crippen molar-refractivity contribution in [3.05, 3.63) is 70.9 Å². The molecule has 2 heterocycles. The highest BCUT2D eigenvalue weighted by Crippen LogP contribution is 2.33. The van der Waals surface area contributed by atoms with Crippen molar-refractivity contribution < 1.29 is 4.79 Å². The minimum Gasteiger partial charge on any atom is -0.358 e. The number of aryl methyl sites for hydroxylation is 2. The van der Waals surface area contributed by atoms with Gasteiger partial charge in [-0.25, -0.2) is 0 Å². The fourth-order valence-corrected chi connectivity index (χ4v) is 3.84. The van der Waals surface area contributed by atoms with E-state index in [1.165, 1.54) is 22.3 Å². The minimum absolute atomic E-state index is 0.0236. The molecule has 0 saturated carbocycles. The van der Waals surface area contributed by atoms with Gasteiger partial charge in [-0.05, 0) is 52.8 Å². The molecule has 0 spiro atoms. The molecule has 1 aromatic heterocycles. The maximum absolute atomic E-state index is 12.1. The first-order valence-electron chi connectivity index (χ1n) is 9.43. The summed E-state index contributed by atoms with van der Waals surface area (Å²) in [6, 6.07) is 17.3. The number of nitrogens with one attached hydrogen (secondary N) is 2. The second kappa shape index (κ2) is 6.83. The monoisotopic (exact) mass is 344 g/mol. The fraction of sp³-hybridized carbons (Fsp3) is 0.261. The molecule has 2 N–H and O–H groups in total. The summed E-state index contributed by atoms with van der Waals surface area (Å²) in [5, 5.41) is 2.91. The maximum Gasteiger partial charge on any atom is 0.253 e. The molecule has 0 bridgehead atoms. The summed E-state index contributed by atoms with van der Waals surface area (Å²) in [7, 11) is 0. The van der Waals surface area contributed by atoms with Gasteiger partial charge in [0.15, 0.2) is 0 Å². The summed E-state index contributed by atoms with van der Waals surface area (Å²) in [5.74, 6) is 0.0236. The Morgan fingerprint density at radius 2 is 1.65 bits per heavy atom. The van der Waals surface area contributed by atoms with Crippen molar-refractivity contribution in [2.45, 2.75) is 33.1 Å². The van der Waals surface area contributed by atoms with Crippen LogP contribution in [0, 0.1) is 0 Å². The molecular weight excluding hydrogens is 320 g/mol. The number of fused-ring (bicyclic) bond motifs is 1. The van der Waals surface area contributed by atoms with Gasteiger partial charge in [0, 0.05) is 24.4 Å². The molecule has 0 saturated heterocycles. The molecule has 3 heteroatoms. The molecular formula is C23H24N2O. The standard InChI is InChI=1S/C23H24N2O/c1-3-15-7-5-6-8-18(15)19-13-17(10-9-16(19)4-2)22-14-20-21(25-22)11-12-24-23(20)26/h5-10,13-14,25H,3-4,11-12H2,1-2H3,(H,24,26). The molecule has 0 atom stereocenters. The molecule has 1 aliphatic rings. The van der Waals surface area contributed by atoms with Crippen molar-refractivity contribution in [2.24, 2.45) is 0 Å². The largest absolute Gasteiger partial charge is 0.358 e. The van der Waals surface area contributed by atoms with Gasteiger partial charge in [0.05, 0.1) is 5.56 Å². The van der Waals surface area contributed by atoms with E-state index in [1.54, 1.807) is 0 Å². The molecule has 3 aromatic rings. The van der Waals surface area contributed by atoms with Crippen LogP contribution in [-0.4, -0.2) is 17.4 Å². The van der Waals surface area contributed by atoms with E-state index in [1.807, 2.05) is 6.07 Å². The van der Waals surface area contributed by atoms with E-state index in [0.29, 0.717) is 6.54 Å². The van der Waals surface area contributed by atoms with Crippen LogP contribution in [0.15, 0.2) is 48.5 Å². The molecule has 1 amide bonds. The Bertz CT molecular complexity index is 968. The fourth-order valence-electron chi connectivity index (χ4n) is 3.84. The van der Waals surface area contributed by atoms with Crippen LogP contribution in [0.2, 0.25) is 0 Å². The molecule has 1 aliphatic heterocycles. The number of aromatic nitrogens is 1. The first kappa shape index (κ1) is 16.6. The van der Waals surface area contributed by atoms with Gasteiger partial charge in [0.25, 0.3) is 5.91 Å².